The van der Waals surface area contributed by atoms with Crippen LogP contribution in [0.4, 0.5) is 5.69 Å². The number of nitrogens with zero attached hydrogens (tertiary/aromatic N) is 2. The van der Waals surface area contributed by atoms with Crippen molar-refractivity contribution >= 4 is 27.5 Å². The van der Waals surface area contributed by atoms with Gasteiger partial charge in [0.05, 0.1) is 5.56 Å². The summed E-state index contributed by atoms with van der Waals surface area (Å²) in [6, 6.07) is 9.87. The molecule has 24 heavy (non-hydrogen) atoms. The standard InChI is InChI=1S/C19H22BrN3O/c1-14-6-8-23(9-7-14)13-15-2-4-18(5-3-15)22-19(24)16-10-17(20)12-21-11-16/h2-5,10-12,14H,6-9,13H2,1H3,(H,22,24). The molecule has 2 heterocycles. The lowest BCUT2D eigenvalue weighted by molar-refractivity contribution is 0.102. The van der Waals surface area contributed by atoms with Crippen LogP contribution >= 0.6 is 15.9 Å². The van der Waals surface area contributed by atoms with E-state index in [2.05, 4.69) is 50.2 Å². The number of carbonyl (C=O) groups excluding carboxylic acids is 1. The minimum Gasteiger partial charge on any atom is -0.322 e. The van der Waals surface area contributed by atoms with Gasteiger partial charge in [-0.15, -0.1) is 0 Å². The molecule has 2 aromatic rings. The van der Waals surface area contributed by atoms with E-state index in [-0.39, 0.29) is 5.91 Å². The van der Waals surface area contributed by atoms with Crippen molar-refractivity contribution in [1.29, 1.82) is 0 Å². The van der Waals surface area contributed by atoms with Crippen molar-refractivity contribution < 1.29 is 4.79 Å². The smallest absolute Gasteiger partial charge is 0.257 e. The Balaban J connectivity index is 1.57. The Kier molecular flexibility index (Phi) is 5.63. The van der Waals surface area contributed by atoms with Crippen molar-refractivity contribution in [1.82, 2.24) is 9.88 Å². The maximum Gasteiger partial charge on any atom is 0.257 e. The van der Waals surface area contributed by atoms with Crippen LogP contribution in [0.2, 0.25) is 0 Å². The molecule has 1 fully saturated rings. The molecule has 0 atom stereocenters. The molecule has 4 nitrogen and oxygen atoms in total. The summed E-state index contributed by atoms with van der Waals surface area (Å²) in [6.45, 7) is 5.66. The molecule has 1 aromatic carbocycles. The fourth-order valence-electron chi connectivity index (χ4n) is 2.91. The number of hydrogen-bond acceptors (Lipinski definition) is 3. The average molecular weight is 388 g/mol. The van der Waals surface area contributed by atoms with Gasteiger partial charge >= 0.3 is 0 Å². The molecule has 5 heteroatoms. The summed E-state index contributed by atoms with van der Waals surface area (Å²) < 4.78 is 0.793. The molecule has 0 unspecified atom stereocenters. The first-order valence-electron chi connectivity index (χ1n) is 8.33. The molecule has 1 aliphatic heterocycles. The SMILES string of the molecule is CC1CCN(Cc2ccc(NC(=O)c3cncc(Br)c3)cc2)CC1. The topological polar surface area (TPSA) is 45.2 Å². The summed E-state index contributed by atoms with van der Waals surface area (Å²) in [5.41, 5.74) is 2.62. The third-order valence-electron chi connectivity index (χ3n) is 4.46. The number of carbonyl (C=O) groups is 1. The summed E-state index contributed by atoms with van der Waals surface area (Å²) in [6.07, 6.45) is 5.79. The largest absolute Gasteiger partial charge is 0.322 e. The predicted molar refractivity (Wildman–Crippen MR) is 100 cm³/mol. The summed E-state index contributed by atoms with van der Waals surface area (Å²) in [5.74, 6) is 0.702. The third kappa shape index (κ3) is 4.65. The maximum absolute atomic E-state index is 12.2. The second-order valence-corrected chi connectivity index (χ2v) is 7.42. The number of benzene rings is 1. The van der Waals surface area contributed by atoms with Crippen molar-refractivity contribution in [3.63, 3.8) is 0 Å². The molecule has 1 aliphatic rings. The third-order valence-corrected chi connectivity index (χ3v) is 4.89. The van der Waals surface area contributed by atoms with E-state index in [4.69, 9.17) is 0 Å². The van der Waals surface area contributed by atoms with Gasteiger partial charge in [0.2, 0.25) is 0 Å². The highest BCUT2D eigenvalue weighted by Gasteiger charge is 2.15. The summed E-state index contributed by atoms with van der Waals surface area (Å²) in [7, 11) is 0. The average Bonchev–Trinajstić information content (AvgIpc) is 2.59. The van der Waals surface area contributed by atoms with E-state index >= 15 is 0 Å². The van der Waals surface area contributed by atoms with Gasteiger partial charge in [0.25, 0.3) is 5.91 Å². The van der Waals surface area contributed by atoms with Crippen LogP contribution in [0.25, 0.3) is 0 Å². The molecule has 0 radical (unpaired) electrons. The minimum absolute atomic E-state index is 0.151. The fourth-order valence-corrected chi connectivity index (χ4v) is 3.28. The second-order valence-electron chi connectivity index (χ2n) is 6.50. The number of aromatic nitrogens is 1. The predicted octanol–water partition coefficient (Wildman–Crippen LogP) is 4.33. The maximum atomic E-state index is 12.2. The summed E-state index contributed by atoms with van der Waals surface area (Å²) in [5, 5.41) is 2.91. The van der Waals surface area contributed by atoms with E-state index in [0.717, 1.165) is 22.6 Å². The van der Waals surface area contributed by atoms with E-state index < -0.39 is 0 Å². The highest BCUT2D eigenvalue weighted by Crippen LogP contribution is 2.19. The molecule has 1 N–H and O–H groups in total. The van der Waals surface area contributed by atoms with Crippen molar-refractivity contribution in [2.45, 2.75) is 26.3 Å². The van der Waals surface area contributed by atoms with Gasteiger partial charge in [-0.1, -0.05) is 19.1 Å². The lowest BCUT2D eigenvalue weighted by atomic mass is 9.99. The molecular formula is C19H22BrN3O. The number of hydrogen-bond donors (Lipinski definition) is 1. The van der Waals surface area contributed by atoms with Crippen molar-refractivity contribution in [3.05, 3.63) is 58.3 Å². The van der Waals surface area contributed by atoms with Crippen LogP contribution in [0.1, 0.15) is 35.7 Å². The number of anilines is 1. The number of piperidine rings is 1. The normalized spacial score (nSPS) is 16.1. The Bertz CT molecular complexity index is 694. The van der Waals surface area contributed by atoms with Crippen LogP contribution in [0.3, 0.4) is 0 Å². The number of nitrogens with one attached hydrogen (secondary N) is 1. The van der Waals surface area contributed by atoms with Crippen molar-refractivity contribution in [3.8, 4) is 0 Å². The number of likely N-dealkylation sites (tertiary alicyclic amines) is 1. The van der Waals surface area contributed by atoms with Gasteiger partial charge in [0.1, 0.15) is 0 Å². The Morgan fingerprint density at radius 3 is 2.62 bits per heavy atom. The van der Waals surface area contributed by atoms with Crippen LogP contribution in [0.15, 0.2) is 47.2 Å². The van der Waals surface area contributed by atoms with Crippen molar-refractivity contribution in [2.75, 3.05) is 18.4 Å². The van der Waals surface area contributed by atoms with E-state index in [9.17, 15) is 4.79 Å². The van der Waals surface area contributed by atoms with Crippen LogP contribution in [0, 0.1) is 5.92 Å². The Hall–Kier alpha value is -1.72. The number of amides is 1. The first-order valence-corrected chi connectivity index (χ1v) is 9.12. The van der Waals surface area contributed by atoms with E-state index in [1.54, 1.807) is 18.5 Å². The highest BCUT2D eigenvalue weighted by molar-refractivity contribution is 9.10. The molecule has 0 bridgehead atoms. The second kappa shape index (κ2) is 7.90. The molecule has 1 amide bonds. The zero-order valence-corrected chi connectivity index (χ0v) is 15.4. The molecule has 1 saturated heterocycles. The van der Waals surface area contributed by atoms with Crippen LogP contribution in [0.5, 0.6) is 0 Å². The van der Waals surface area contributed by atoms with E-state index in [1.807, 2.05) is 12.1 Å². The number of rotatable bonds is 4. The van der Waals surface area contributed by atoms with Crippen LogP contribution in [-0.2, 0) is 6.54 Å². The van der Waals surface area contributed by atoms with Gasteiger partial charge in [-0.05, 0) is 71.5 Å². The van der Waals surface area contributed by atoms with Crippen molar-refractivity contribution in [2.24, 2.45) is 5.92 Å². The lowest BCUT2D eigenvalue weighted by Crippen LogP contribution is -2.32. The molecule has 0 saturated carbocycles. The Morgan fingerprint density at radius 2 is 1.96 bits per heavy atom. The van der Waals surface area contributed by atoms with Gasteiger partial charge in [0.15, 0.2) is 0 Å². The van der Waals surface area contributed by atoms with E-state index in [1.165, 1.54) is 31.5 Å². The molecule has 0 spiro atoms. The zero-order valence-electron chi connectivity index (χ0n) is 13.8. The number of halogens is 1. The molecular weight excluding hydrogens is 366 g/mol. The van der Waals surface area contributed by atoms with Gasteiger partial charge in [0, 0.05) is 29.1 Å². The molecule has 0 aliphatic carbocycles. The first kappa shape index (κ1) is 17.1. The first-order chi connectivity index (χ1) is 11.6. The molecule has 126 valence electrons. The quantitative estimate of drug-likeness (QED) is 0.848. The Morgan fingerprint density at radius 1 is 1.25 bits per heavy atom. The monoisotopic (exact) mass is 387 g/mol. The zero-order chi connectivity index (χ0) is 16.9. The number of pyridine rings is 1. The summed E-state index contributed by atoms with van der Waals surface area (Å²) in [4.78, 5) is 18.7. The van der Waals surface area contributed by atoms with Gasteiger partial charge in [-0.3, -0.25) is 14.7 Å². The lowest BCUT2D eigenvalue weighted by Gasteiger charge is -2.30. The van der Waals surface area contributed by atoms with Gasteiger partial charge in [-0.25, -0.2) is 0 Å². The molecule has 1 aromatic heterocycles. The Labute approximate surface area is 151 Å². The van der Waals surface area contributed by atoms with E-state index in [0.29, 0.717) is 5.56 Å². The van der Waals surface area contributed by atoms with Crippen LogP contribution < -0.4 is 5.32 Å². The minimum atomic E-state index is -0.151. The van der Waals surface area contributed by atoms with Gasteiger partial charge < -0.3 is 5.32 Å². The highest BCUT2D eigenvalue weighted by atomic mass is 79.9. The summed E-state index contributed by atoms with van der Waals surface area (Å²) >= 11 is 3.33. The molecule has 3 rings (SSSR count). The van der Waals surface area contributed by atoms with Gasteiger partial charge in [-0.2, -0.15) is 0 Å². The fraction of sp³-hybridized carbons (Fsp3) is 0.368. The van der Waals surface area contributed by atoms with Crippen LogP contribution in [-0.4, -0.2) is 28.9 Å².